The Morgan fingerprint density at radius 1 is 1.27 bits per heavy atom. The number of amides is 3. The van der Waals surface area contributed by atoms with Gasteiger partial charge in [0.1, 0.15) is 6.17 Å². The first-order chi connectivity index (χ1) is 17.8. The van der Waals surface area contributed by atoms with E-state index in [2.05, 4.69) is 10.6 Å². The third-order valence-corrected chi connectivity index (χ3v) is 7.81. The van der Waals surface area contributed by atoms with Crippen molar-refractivity contribution in [1.29, 1.82) is 0 Å². The summed E-state index contributed by atoms with van der Waals surface area (Å²) < 4.78 is 19.8. The molecule has 1 saturated heterocycles. The maximum Gasteiger partial charge on any atom is 0.407 e. The summed E-state index contributed by atoms with van der Waals surface area (Å²) in [7, 11) is 3.39. The van der Waals surface area contributed by atoms with Gasteiger partial charge in [-0.2, -0.15) is 0 Å². The average Bonchev–Trinajstić information content (AvgIpc) is 2.88. The quantitative estimate of drug-likeness (QED) is 0.370. The molecule has 3 rings (SSSR count). The summed E-state index contributed by atoms with van der Waals surface area (Å²) in [6, 6.07) is 7.43. The second-order valence-electron chi connectivity index (χ2n) is 10.5. The second kappa shape index (κ2) is 14.7. The number of hydrogen-bond acceptors (Lipinski definition) is 4. The number of urea groups is 1. The van der Waals surface area contributed by atoms with Crippen LogP contribution in [0.4, 0.5) is 14.0 Å². The number of carbonyl (C=O) groups excluding carboxylic acids is 1. The van der Waals surface area contributed by atoms with E-state index in [1.54, 1.807) is 0 Å². The van der Waals surface area contributed by atoms with Crippen molar-refractivity contribution < 1.29 is 23.8 Å². The van der Waals surface area contributed by atoms with E-state index in [0.29, 0.717) is 43.4 Å². The molecule has 1 heterocycles. The van der Waals surface area contributed by atoms with E-state index in [9.17, 15) is 14.0 Å². The molecule has 0 bridgehead atoms. The van der Waals surface area contributed by atoms with E-state index in [1.807, 2.05) is 36.2 Å². The Hall–Kier alpha value is -2.10. The van der Waals surface area contributed by atoms with Gasteiger partial charge in [-0.05, 0) is 75.6 Å². The number of rotatable bonds is 11. The molecule has 1 saturated carbocycles. The Kier molecular flexibility index (Phi) is 11.7. The number of benzene rings is 1. The fourth-order valence-corrected chi connectivity index (χ4v) is 5.71. The molecular weight excluding hydrogens is 499 g/mol. The first-order valence-corrected chi connectivity index (χ1v) is 13.8. The molecule has 2 aliphatic rings. The lowest BCUT2D eigenvalue weighted by molar-refractivity contribution is -0.0155. The Balaban J connectivity index is 1.63. The average molecular weight is 541 g/mol. The van der Waals surface area contributed by atoms with Gasteiger partial charge in [-0.15, -0.1) is 0 Å². The normalized spacial score (nSPS) is 23.8. The molecule has 0 aromatic heterocycles. The number of ether oxygens (including phenoxy) is 1. The van der Waals surface area contributed by atoms with Crippen molar-refractivity contribution in [3.63, 3.8) is 0 Å². The van der Waals surface area contributed by atoms with Crippen molar-refractivity contribution in [3.05, 3.63) is 34.9 Å². The summed E-state index contributed by atoms with van der Waals surface area (Å²) in [5, 5.41) is 16.2. The predicted octanol–water partition coefficient (Wildman–Crippen LogP) is 4.94. The van der Waals surface area contributed by atoms with Crippen LogP contribution in [0.15, 0.2) is 24.3 Å². The fraction of sp³-hybridized carbons (Fsp3) is 0.704. The molecule has 3 atom stereocenters. The molecule has 1 aromatic carbocycles. The number of likely N-dealkylation sites (N-methyl/N-ethyl adjacent to an activating group) is 2. The number of alkyl halides is 1. The highest BCUT2D eigenvalue weighted by atomic mass is 35.5. The van der Waals surface area contributed by atoms with Crippen LogP contribution in [-0.2, 0) is 4.74 Å². The van der Waals surface area contributed by atoms with Crippen LogP contribution in [0.2, 0.25) is 5.02 Å². The summed E-state index contributed by atoms with van der Waals surface area (Å²) in [5.74, 6) is 0.486. The van der Waals surface area contributed by atoms with Crippen LogP contribution in [-0.4, -0.2) is 86.1 Å². The van der Waals surface area contributed by atoms with Crippen LogP contribution in [0.25, 0.3) is 0 Å². The molecule has 0 spiro atoms. The van der Waals surface area contributed by atoms with E-state index in [1.165, 1.54) is 11.9 Å². The standard InChI is InChI=1S/C27H42ClFN4O4/c1-30-17-24(15-19-8-10-23(29)11-9-19)31-26(34)33-12-4-6-21(18-33)25(20-5-3-7-22(28)16-20)37-14-13-32(2)27(35)36/h3,5,7,16,19,21,23-25,30H,4,6,8-15,17-18H2,1-2H3,(H,31,34)(H,35,36)/t19-,21-,23-,24+,25+/m1/s1. The Labute approximate surface area is 224 Å². The second-order valence-corrected chi connectivity index (χ2v) is 10.9. The number of nitrogens with one attached hydrogen (secondary N) is 2. The van der Waals surface area contributed by atoms with Crippen LogP contribution < -0.4 is 10.6 Å². The number of carboxylic acid groups (broad SMARTS) is 1. The third-order valence-electron chi connectivity index (χ3n) is 7.57. The van der Waals surface area contributed by atoms with Crippen molar-refractivity contribution in [2.24, 2.45) is 11.8 Å². The van der Waals surface area contributed by atoms with Crippen LogP contribution in [0.1, 0.15) is 56.6 Å². The highest BCUT2D eigenvalue weighted by Gasteiger charge is 2.32. The molecule has 37 heavy (non-hydrogen) atoms. The van der Waals surface area contributed by atoms with Gasteiger partial charge in [0.2, 0.25) is 0 Å². The van der Waals surface area contributed by atoms with Gasteiger partial charge >= 0.3 is 12.1 Å². The number of piperidine rings is 1. The topological polar surface area (TPSA) is 94.1 Å². The lowest BCUT2D eigenvalue weighted by atomic mass is 9.84. The fourth-order valence-electron chi connectivity index (χ4n) is 5.51. The first kappa shape index (κ1) is 29.5. The summed E-state index contributed by atoms with van der Waals surface area (Å²) in [5.41, 5.74) is 0.925. The van der Waals surface area contributed by atoms with E-state index in [4.69, 9.17) is 21.4 Å². The largest absolute Gasteiger partial charge is 0.465 e. The highest BCUT2D eigenvalue weighted by molar-refractivity contribution is 6.30. The zero-order valence-corrected chi connectivity index (χ0v) is 22.8. The summed E-state index contributed by atoms with van der Waals surface area (Å²) in [6.45, 7) is 2.37. The SMILES string of the molecule is CNC[C@H](C[C@H]1CC[C@H](F)CC1)NC(=O)N1CCC[C@@H]([C@@H](OCCN(C)C(=O)O)c2cccc(Cl)c2)C1. The van der Waals surface area contributed by atoms with Gasteiger partial charge in [-0.3, -0.25) is 0 Å². The molecular formula is C27H42ClFN4O4. The van der Waals surface area contributed by atoms with E-state index in [0.717, 1.165) is 37.7 Å². The van der Waals surface area contributed by atoms with Gasteiger partial charge in [-0.25, -0.2) is 14.0 Å². The van der Waals surface area contributed by atoms with Crippen LogP contribution >= 0.6 is 11.6 Å². The third kappa shape index (κ3) is 9.30. The monoisotopic (exact) mass is 540 g/mol. The molecule has 10 heteroatoms. The van der Waals surface area contributed by atoms with Gasteiger partial charge in [0.25, 0.3) is 0 Å². The first-order valence-electron chi connectivity index (χ1n) is 13.4. The molecule has 1 aliphatic carbocycles. The number of nitrogens with zero attached hydrogens (tertiary/aromatic N) is 2. The molecule has 3 amide bonds. The zero-order valence-electron chi connectivity index (χ0n) is 22.0. The van der Waals surface area contributed by atoms with Crippen molar-refractivity contribution in [1.82, 2.24) is 20.4 Å². The van der Waals surface area contributed by atoms with Gasteiger partial charge in [0, 0.05) is 50.2 Å². The number of carbonyl (C=O) groups is 2. The molecule has 0 radical (unpaired) electrons. The molecule has 0 unspecified atom stereocenters. The van der Waals surface area contributed by atoms with E-state index < -0.39 is 12.3 Å². The minimum atomic E-state index is -1.00. The maximum absolute atomic E-state index is 13.6. The number of hydrogen-bond donors (Lipinski definition) is 3. The summed E-state index contributed by atoms with van der Waals surface area (Å²) >= 11 is 6.27. The predicted molar refractivity (Wildman–Crippen MR) is 143 cm³/mol. The van der Waals surface area contributed by atoms with Crippen molar-refractivity contribution in [2.75, 3.05) is 46.9 Å². The van der Waals surface area contributed by atoms with E-state index in [-0.39, 0.29) is 37.2 Å². The number of likely N-dealkylation sites (tertiary alicyclic amines) is 1. The highest BCUT2D eigenvalue weighted by Crippen LogP contribution is 2.34. The van der Waals surface area contributed by atoms with E-state index >= 15 is 0 Å². The molecule has 1 aliphatic heterocycles. The van der Waals surface area contributed by atoms with Gasteiger partial charge in [-0.1, -0.05) is 23.7 Å². The molecule has 208 valence electrons. The molecule has 1 aromatic rings. The minimum absolute atomic E-state index is 0.00873. The van der Waals surface area contributed by atoms with Crippen molar-refractivity contribution in [3.8, 4) is 0 Å². The molecule has 2 fully saturated rings. The van der Waals surface area contributed by atoms with Gasteiger partial charge < -0.3 is 30.3 Å². The summed E-state index contributed by atoms with van der Waals surface area (Å²) in [6.07, 6.45) is 3.58. The lowest BCUT2D eigenvalue weighted by Gasteiger charge is -2.38. The van der Waals surface area contributed by atoms with Gasteiger partial charge in [0.05, 0.1) is 12.7 Å². The Bertz CT molecular complexity index is 871. The van der Waals surface area contributed by atoms with Crippen molar-refractivity contribution in [2.45, 2.75) is 63.3 Å². The van der Waals surface area contributed by atoms with Crippen LogP contribution in [0.5, 0.6) is 0 Å². The molecule has 8 nitrogen and oxygen atoms in total. The zero-order chi connectivity index (χ0) is 26.8. The Morgan fingerprint density at radius 2 is 2.03 bits per heavy atom. The number of halogens is 2. The lowest BCUT2D eigenvalue weighted by Crippen LogP contribution is -2.52. The van der Waals surface area contributed by atoms with Crippen molar-refractivity contribution >= 4 is 23.7 Å². The molecule has 3 N–H and O–H groups in total. The van der Waals surface area contributed by atoms with Crippen LogP contribution in [0.3, 0.4) is 0 Å². The summed E-state index contributed by atoms with van der Waals surface area (Å²) in [4.78, 5) is 27.5. The van der Waals surface area contributed by atoms with Gasteiger partial charge in [0.15, 0.2) is 0 Å². The maximum atomic E-state index is 13.6. The Morgan fingerprint density at radius 3 is 2.70 bits per heavy atom. The smallest absolute Gasteiger partial charge is 0.407 e. The minimum Gasteiger partial charge on any atom is -0.465 e. The van der Waals surface area contributed by atoms with Crippen LogP contribution in [0, 0.1) is 11.8 Å².